The average molecular weight is 407 g/mol. The molecule has 7 nitrogen and oxygen atoms in total. The number of carboxylic acids is 1. The molecule has 1 aliphatic heterocycles. The van der Waals surface area contributed by atoms with Crippen molar-refractivity contribution in [2.75, 3.05) is 11.1 Å². The van der Waals surface area contributed by atoms with E-state index in [9.17, 15) is 14.7 Å². The van der Waals surface area contributed by atoms with Gasteiger partial charge in [-0.25, -0.2) is 4.79 Å². The van der Waals surface area contributed by atoms with Crippen LogP contribution in [0.2, 0.25) is 0 Å². The summed E-state index contributed by atoms with van der Waals surface area (Å²) in [6.07, 6.45) is 0.334. The number of hydrogen-bond donors (Lipinski definition) is 2. The number of nitrogens with one attached hydrogen (secondary N) is 1. The molecule has 0 radical (unpaired) electrons. The van der Waals surface area contributed by atoms with Gasteiger partial charge in [0.15, 0.2) is 4.34 Å². The first-order valence-corrected chi connectivity index (χ1v) is 10.4. The van der Waals surface area contributed by atoms with E-state index < -0.39 is 12.0 Å². The second-order valence-electron chi connectivity index (χ2n) is 7.39. The zero-order valence-electron chi connectivity index (χ0n) is 15.4. The Morgan fingerprint density at radius 2 is 2.00 bits per heavy atom. The number of aliphatic carboxylic acids is 1. The molecule has 27 heavy (non-hydrogen) atoms. The highest BCUT2D eigenvalue weighted by molar-refractivity contribution is 8.01. The van der Waals surface area contributed by atoms with E-state index in [-0.39, 0.29) is 17.2 Å². The van der Waals surface area contributed by atoms with Gasteiger partial charge in [0.25, 0.3) is 0 Å². The van der Waals surface area contributed by atoms with Crippen LogP contribution in [0.25, 0.3) is 0 Å². The van der Waals surface area contributed by atoms with Gasteiger partial charge in [-0.15, -0.1) is 10.2 Å². The molecule has 2 heterocycles. The van der Waals surface area contributed by atoms with Gasteiger partial charge in [-0.3, -0.25) is 4.79 Å². The van der Waals surface area contributed by atoms with E-state index in [1.165, 1.54) is 28.0 Å². The summed E-state index contributed by atoms with van der Waals surface area (Å²) < 4.78 is 0.680. The highest BCUT2D eigenvalue weighted by Crippen LogP contribution is 2.29. The molecule has 1 aromatic carbocycles. The lowest BCUT2D eigenvalue weighted by atomic mass is 9.94. The number of amides is 1. The summed E-state index contributed by atoms with van der Waals surface area (Å²) in [6, 6.07) is 6.83. The summed E-state index contributed by atoms with van der Waals surface area (Å²) in [5, 5.41) is 21.7. The minimum atomic E-state index is -0.976. The Labute approximate surface area is 166 Å². The monoisotopic (exact) mass is 406 g/mol. The van der Waals surface area contributed by atoms with Crippen LogP contribution in [0, 0.1) is 0 Å². The van der Waals surface area contributed by atoms with Gasteiger partial charge in [0.1, 0.15) is 6.04 Å². The van der Waals surface area contributed by atoms with Crippen molar-refractivity contribution < 1.29 is 14.7 Å². The smallest absolute Gasteiger partial charge is 0.326 e. The highest BCUT2D eigenvalue weighted by Gasteiger charge is 2.34. The van der Waals surface area contributed by atoms with Crippen molar-refractivity contribution in [2.24, 2.45) is 0 Å². The molecule has 0 spiro atoms. The predicted octanol–water partition coefficient (Wildman–Crippen LogP) is 2.88. The Balaban J connectivity index is 1.65. The number of thioether (sulfide) groups is 1. The van der Waals surface area contributed by atoms with Crippen molar-refractivity contribution in [3.05, 3.63) is 35.4 Å². The number of nitrogens with zero attached hydrogens (tertiary/aromatic N) is 3. The standard InChI is InChI=1S/C18H22N4O3S2/c1-18(2,3)19-16-20-21-17(27-16)26-10-14(23)22-9-12-7-5-4-6-11(12)8-13(22)15(24)25/h4-7,13H,8-10H2,1-3H3,(H,19,20)(H,24,25)/t13-/m0/s1. The van der Waals surface area contributed by atoms with Crippen LogP contribution >= 0.6 is 23.1 Å². The van der Waals surface area contributed by atoms with Crippen molar-refractivity contribution in [1.29, 1.82) is 0 Å². The molecular weight excluding hydrogens is 384 g/mol. The van der Waals surface area contributed by atoms with Crippen LogP contribution in [0.3, 0.4) is 0 Å². The number of benzene rings is 1. The number of carbonyl (C=O) groups excluding carboxylic acids is 1. The minimum Gasteiger partial charge on any atom is -0.480 e. The summed E-state index contributed by atoms with van der Waals surface area (Å²) in [6.45, 7) is 6.42. The van der Waals surface area contributed by atoms with E-state index in [0.717, 1.165) is 11.1 Å². The molecule has 144 valence electrons. The molecule has 1 aliphatic rings. The molecule has 9 heteroatoms. The second-order valence-corrected chi connectivity index (χ2v) is 9.59. The zero-order valence-corrected chi connectivity index (χ0v) is 17.1. The summed E-state index contributed by atoms with van der Waals surface area (Å²) >= 11 is 2.67. The molecule has 0 fully saturated rings. The van der Waals surface area contributed by atoms with Crippen LogP contribution in [0.5, 0.6) is 0 Å². The van der Waals surface area contributed by atoms with Gasteiger partial charge in [0.2, 0.25) is 11.0 Å². The molecule has 0 saturated carbocycles. The van der Waals surface area contributed by atoms with Crippen molar-refractivity contribution in [3.8, 4) is 0 Å². The van der Waals surface area contributed by atoms with Crippen LogP contribution in [-0.4, -0.2) is 49.4 Å². The Morgan fingerprint density at radius 1 is 1.30 bits per heavy atom. The first-order chi connectivity index (χ1) is 12.7. The van der Waals surface area contributed by atoms with Gasteiger partial charge in [-0.05, 0) is 31.9 Å². The second kappa shape index (κ2) is 7.85. The summed E-state index contributed by atoms with van der Waals surface area (Å²) in [4.78, 5) is 25.8. The number of hydrogen-bond acceptors (Lipinski definition) is 7. The van der Waals surface area contributed by atoms with Gasteiger partial charge in [0.05, 0.1) is 5.75 Å². The number of fused-ring (bicyclic) bond motifs is 1. The van der Waals surface area contributed by atoms with Crippen molar-refractivity contribution >= 4 is 40.1 Å². The van der Waals surface area contributed by atoms with Gasteiger partial charge >= 0.3 is 5.97 Å². The lowest BCUT2D eigenvalue weighted by Gasteiger charge is -2.34. The molecule has 2 N–H and O–H groups in total. The number of carboxylic acid groups (broad SMARTS) is 1. The van der Waals surface area contributed by atoms with Gasteiger partial charge < -0.3 is 15.3 Å². The number of carbonyl (C=O) groups is 2. The van der Waals surface area contributed by atoms with Crippen LogP contribution in [0.1, 0.15) is 31.9 Å². The van der Waals surface area contributed by atoms with E-state index >= 15 is 0 Å². The molecule has 0 bridgehead atoms. The summed E-state index contributed by atoms with van der Waals surface area (Å²) in [5.74, 6) is -1.05. The summed E-state index contributed by atoms with van der Waals surface area (Å²) in [5.41, 5.74) is 1.87. The molecular formula is C18H22N4O3S2. The van der Waals surface area contributed by atoms with Crippen LogP contribution < -0.4 is 5.32 Å². The molecule has 0 aliphatic carbocycles. The SMILES string of the molecule is CC(C)(C)Nc1nnc(SCC(=O)N2Cc3ccccc3C[C@H]2C(=O)O)s1. The van der Waals surface area contributed by atoms with Crippen LogP contribution in [0.15, 0.2) is 28.6 Å². The van der Waals surface area contributed by atoms with Gasteiger partial charge in [0, 0.05) is 18.5 Å². The van der Waals surface area contributed by atoms with E-state index in [1.54, 1.807) is 0 Å². The average Bonchev–Trinajstić information content (AvgIpc) is 3.03. The number of rotatable bonds is 5. The molecule has 1 amide bonds. The summed E-state index contributed by atoms with van der Waals surface area (Å²) in [7, 11) is 0. The maximum Gasteiger partial charge on any atom is 0.326 e. The molecule has 3 rings (SSSR count). The number of aromatic nitrogens is 2. The van der Waals surface area contributed by atoms with Crippen molar-refractivity contribution in [3.63, 3.8) is 0 Å². The first-order valence-electron chi connectivity index (χ1n) is 8.56. The largest absolute Gasteiger partial charge is 0.480 e. The maximum absolute atomic E-state index is 12.7. The Hall–Kier alpha value is -2.13. The molecule has 1 atom stereocenters. The fraction of sp³-hybridized carbons (Fsp3) is 0.444. The molecule has 1 aromatic heterocycles. The first kappa shape index (κ1) is 19.6. The third-order valence-electron chi connectivity index (χ3n) is 4.06. The van der Waals surface area contributed by atoms with E-state index in [1.807, 2.05) is 45.0 Å². The topological polar surface area (TPSA) is 95.4 Å². The van der Waals surface area contributed by atoms with E-state index in [0.29, 0.717) is 22.4 Å². The minimum absolute atomic E-state index is 0.118. The fourth-order valence-electron chi connectivity index (χ4n) is 2.85. The van der Waals surface area contributed by atoms with Crippen molar-refractivity contribution in [2.45, 2.75) is 49.7 Å². The van der Waals surface area contributed by atoms with E-state index in [2.05, 4.69) is 15.5 Å². The number of anilines is 1. The third kappa shape index (κ3) is 4.98. The van der Waals surface area contributed by atoms with E-state index in [4.69, 9.17) is 0 Å². The normalized spacial score (nSPS) is 16.7. The lowest BCUT2D eigenvalue weighted by Crippen LogP contribution is -2.49. The Bertz CT molecular complexity index is 847. The van der Waals surface area contributed by atoms with Crippen LogP contribution in [0.4, 0.5) is 5.13 Å². The third-order valence-corrected chi connectivity index (χ3v) is 6.02. The van der Waals surface area contributed by atoms with Gasteiger partial charge in [-0.1, -0.05) is 47.4 Å². The van der Waals surface area contributed by atoms with Gasteiger partial charge in [-0.2, -0.15) is 0 Å². The van der Waals surface area contributed by atoms with Crippen LogP contribution in [-0.2, 0) is 22.6 Å². The molecule has 2 aromatic rings. The predicted molar refractivity (Wildman–Crippen MR) is 106 cm³/mol. The Kier molecular flexibility index (Phi) is 5.71. The quantitative estimate of drug-likeness (QED) is 0.737. The zero-order chi connectivity index (χ0) is 19.6. The van der Waals surface area contributed by atoms with Crippen molar-refractivity contribution in [1.82, 2.24) is 15.1 Å². The Morgan fingerprint density at radius 3 is 2.67 bits per heavy atom. The molecule has 0 saturated heterocycles. The molecule has 0 unspecified atom stereocenters. The fourth-order valence-corrected chi connectivity index (χ4v) is 4.70. The lowest BCUT2D eigenvalue weighted by molar-refractivity contribution is -0.150. The maximum atomic E-state index is 12.7. The highest BCUT2D eigenvalue weighted by atomic mass is 32.2.